The van der Waals surface area contributed by atoms with E-state index in [0.29, 0.717) is 19.1 Å². The molecule has 0 spiro atoms. The minimum atomic E-state index is 0.0862. The van der Waals surface area contributed by atoms with Gasteiger partial charge in [0.2, 0.25) is 5.91 Å². The first-order valence-electron chi connectivity index (χ1n) is 6.89. The fourth-order valence-electron chi connectivity index (χ4n) is 2.62. The number of hydrogen-bond acceptors (Lipinski definition) is 3. The van der Waals surface area contributed by atoms with E-state index < -0.39 is 0 Å². The summed E-state index contributed by atoms with van der Waals surface area (Å²) in [6.45, 7) is 5.64. The van der Waals surface area contributed by atoms with Crippen molar-refractivity contribution in [3.05, 3.63) is 23.8 Å². The van der Waals surface area contributed by atoms with Crippen LogP contribution in [0.4, 0.5) is 5.69 Å². The number of ether oxygens (including phenoxy) is 1. The normalized spacial score (nSPS) is 18.7. The molecule has 2 rings (SSSR count). The maximum absolute atomic E-state index is 11.8. The summed E-state index contributed by atoms with van der Waals surface area (Å²) in [6.07, 6.45) is 1.87. The third kappa shape index (κ3) is 3.07. The average Bonchev–Trinajstić information content (AvgIpc) is 2.57. The fourth-order valence-corrected chi connectivity index (χ4v) is 2.62. The maximum Gasteiger partial charge on any atom is 0.223 e. The molecule has 0 radical (unpaired) electrons. The van der Waals surface area contributed by atoms with E-state index in [9.17, 15) is 4.79 Å². The molecule has 19 heavy (non-hydrogen) atoms. The Morgan fingerprint density at radius 1 is 1.53 bits per heavy atom. The van der Waals surface area contributed by atoms with Crippen LogP contribution >= 0.6 is 0 Å². The molecule has 1 unspecified atom stereocenters. The van der Waals surface area contributed by atoms with Crippen molar-refractivity contribution in [2.24, 2.45) is 11.7 Å². The standard InChI is InChI=1S/C15H22N2O2/c1-3-19-14-4-5-15-13(9-14)8-12(10-16)6-7-17(15)11(2)18/h4-5,9,12H,3,6-8,10,16H2,1-2H3. The van der Waals surface area contributed by atoms with Crippen molar-refractivity contribution in [2.75, 3.05) is 24.6 Å². The van der Waals surface area contributed by atoms with E-state index in [0.717, 1.165) is 36.4 Å². The Hall–Kier alpha value is -1.55. The van der Waals surface area contributed by atoms with E-state index in [2.05, 4.69) is 0 Å². The fraction of sp³-hybridized carbons (Fsp3) is 0.533. The summed E-state index contributed by atoms with van der Waals surface area (Å²) < 4.78 is 5.54. The van der Waals surface area contributed by atoms with E-state index in [1.165, 1.54) is 0 Å². The Morgan fingerprint density at radius 2 is 2.32 bits per heavy atom. The van der Waals surface area contributed by atoms with Crippen LogP contribution in [0, 0.1) is 5.92 Å². The van der Waals surface area contributed by atoms with Gasteiger partial charge in [-0.15, -0.1) is 0 Å². The van der Waals surface area contributed by atoms with Crippen LogP contribution in [0.2, 0.25) is 0 Å². The first kappa shape index (κ1) is 13.9. The zero-order valence-electron chi connectivity index (χ0n) is 11.7. The van der Waals surface area contributed by atoms with Gasteiger partial charge in [0.1, 0.15) is 5.75 Å². The van der Waals surface area contributed by atoms with Gasteiger partial charge in [-0.3, -0.25) is 4.79 Å². The van der Waals surface area contributed by atoms with Gasteiger partial charge in [0.25, 0.3) is 0 Å². The number of rotatable bonds is 3. The first-order valence-corrected chi connectivity index (χ1v) is 6.89. The van der Waals surface area contributed by atoms with Crippen molar-refractivity contribution in [3.8, 4) is 5.75 Å². The molecule has 0 aliphatic carbocycles. The van der Waals surface area contributed by atoms with Crippen LogP contribution in [-0.2, 0) is 11.2 Å². The molecular formula is C15H22N2O2. The number of carbonyl (C=O) groups is 1. The maximum atomic E-state index is 11.8. The first-order chi connectivity index (χ1) is 9.15. The van der Waals surface area contributed by atoms with Crippen LogP contribution in [0.5, 0.6) is 5.75 Å². The Morgan fingerprint density at radius 3 is 2.95 bits per heavy atom. The summed E-state index contributed by atoms with van der Waals surface area (Å²) in [5.74, 6) is 1.38. The quantitative estimate of drug-likeness (QED) is 0.906. The number of amides is 1. The van der Waals surface area contributed by atoms with Crippen LogP contribution in [0.3, 0.4) is 0 Å². The molecule has 0 bridgehead atoms. The predicted molar refractivity (Wildman–Crippen MR) is 76.5 cm³/mol. The molecule has 0 saturated heterocycles. The Kier molecular flexibility index (Phi) is 4.43. The molecular weight excluding hydrogens is 240 g/mol. The van der Waals surface area contributed by atoms with Gasteiger partial charge in [-0.2, -0.15) is 0 Å². The molecule has 0 saturated carbocycles. The van der Waals surface area contributed by atoms with E-state index in [1.54, 1.807) is 6.92 Å². The molecule has 1 aliphatic rings. The summed E-state index contributed by atoms with van der Waals surface area (Å²) in [5, 5.41) is 0. The summed E-state index contributed by atoms with van der Waals surface area (Å²) >= 11 is 0. The second-order valence-electron chi connectivity index (χ2n) is 4.99. The lowest BCUT2D eigenvalue weighted by Crippen LogP contribution is -2.30. The van der Waals surface area contributed by atoms with Crippen molar-refractivity contribution in [1.29, 1.82) is 0 Å². The van der Waals surface area contributed by atoms with Crippen molar-refractivity contribution in [2.45, 2.75) is 26.7 Å². The van der Waals surface area contributed by atoms with Gasteiger partial charge >= 0.3 is 0 Å². The lowest BCUT2D eigenvalue weighted by Gasteiger charge is -2.21. The number of nitrogens with two attached hydrogens (primary N) is 1. The zero-order chi connectivity index (χ0) is 13.8. The van der Waals surface area contributed by atoms with Gasteiger partial charge < -0.3 is 15.4 Å². The lowest BCUT2D eigenvalue weighted by molar-refractivity contribution is -0.116. The lowest BCUT2D eigenvalue weighted by atomic mass is 9.97. The van der Waals surface area contributed by atoms with E-state index in [-0.39, 0.29) is 5.91 Å². The highest BCUT2D eigenvalue weighted by Gasteiger charge is 2.23. The average molecular weight is 262 g/mol. The van der Waals surface area contributed by atoms with E-state index in [1.807, 2.05) is 30.0 Å². The number of carbonyl (C=O) groups excluding carboxylic acids is 1. The van der Waals surface area contributed by atoms with Gasteiger partial charge in [-0.05, 0) is 56.0 Å². The molecule has 1 heterocycles. The minimum absolute atomic E-state index is 0.0862. The SMILES string of the molecule is CCOc1ccc2c(c1)CC(CN)CCN2C(C)=O. The van der Waals surface area contributed by atoms with Crippen LogP contribution < -0.4 is 15.4 Å². The van der Waals surface area contributed by atoms with Crippen LogP contribution in [0.25, 0.3) is 0 Å². The Balaban J connectivity index is 2.38. The smallest absolute Gasteiger partial charge is 0.223 e. The topological polar surface area (TPSA) is 55.6 Å². The molecule has 1 amide bonds. The zero-order valence-corrected chi connectivity index (χ0v) is 11.7. The van der Waals surface area contributed by atoms with Crippen molar-refractivity contribution in [3.63, 3.8) is 0 Å². The third-order valence-electron chi connectivity index (χ3n) is 3.64. The van der Waals surface area contributed by atoms with E-state index >= 15 is 0 Å². The molecule has 4 nitrogen and oxygen atoms in total. The van der Waals surface area contributed by atoms with Gasteiger partial charge in [0, 0.05) is 19.2 Å². The molecule has 1 atom stereocenters. The largest absolute Gasteiger partial charge is 0.494 e. The summed E-state index contributed by atoms with van der Waals surface area (Å²) in [4.78, 5) is 13.6. The van der Waals surface area contributed by atoms with Gasteiger partial charge in [0.15, 0.2) is 0 Å². The number of anilines is 1. The Bertz CT molecular complexity index is 459. The molecule has 104 valence electrons. The van der Waals surface area contributed by atoms with Crippen molar-refractivity contribution in [1.82, 2.24) is 0 Å². The van der Waals surface area contributed by atoms with Gasteiger partial charge in [0.05, 0.1) is 6.61 Å². The monoisotopic (exact) mass is 262 g/mol. The highest BCUT2D eigenvalue weighted by Crippen LogP contribution is 2.31. The molecule has 0 aromatic heterocycles. The number of hydrogen-bond donors (Lipinski definition) is 1. The number of fused-ring (bicyclic) bond motifs is 1. The molecule has 1 aromatic rings. The number of nitrogens with zero attached hydrogens (tertiary/aromatic N) is 1. The summed E-state index contributed by atoms with van der Waals surface area (Å²) in [5.41, 5.74) is 7.98. The van der Waals surface area contributed by atoms with Crippen LogP contribution in [0.1, 0.15) is 25.8 Å². The third-order valence-corrected chi connectivity index (χ3v) is 3.64. The van der Waals surface area contributed by atoms with Crippen LogP contribution in [-0.4, -0.2) is 25.6 Å². The van der Waals surface area contributed by atoms with E-state index in [4.69, 9.17) is 10.5 Å². The molecule has 4 heteroatoms. The minimum Gasteiger partial charge on any atom is -0.494 e. The molecule has 2 N–H and O–H groups in total. The van der Waals surface area contributed by atoms with Gasteiger partial charge in [-0.25, -0.2) is 0 Å². The molecule has 1 aliphatic heterocycles. The highest BCUT2D eigenvalue weighted by molar-refractivity contribution is 5.92. The van der Waals surface area contributed by atoms with Gasteiger partial charge in [-0.1, -0.05) is 0 Å². The van der Waals surface area contributed by atoms with Crippen molar-refractivity contribution < 1.29 is 9.53 Å². The number of benzene rings is 1. The second kappa shape index (κ2) is 6.06. The van der Waals surface area contributed by atoms with Crippen molar-refractivity contribution >= 4 is 11.6 Å². The summed E-state index contributed by atoms with van der Waals surface area (Å²) in [7, 11) is 0. The predicted octanol–water partition coefficient (Wildman–Crippen LogP) is 1.96. The molecule has 0 fully saturated rings. The molecule has 1 aromatic carbocycles. The summed E-state index contributed by atoms with van der Waals surface area (Å²) in [6, 6.07) is 5.96. The van der Waals surface area contributed by atoms with Crippen LogP contribution in [0.15, 0.2) is 18.2 Å². The second-order valence-corrected chi connectivity index (χ2v) is 4.99. The highest BCUT2D eigenvalue weighted by atomic mass is 16.5. The Labute approximate surface area is 114 Å².